The largest absolute Gasteiger partial charge is 0.458 e. The van der Waals surface area contributed by atoms with Crippen LogP contribution in [-0.4, -0.2) is 51.8 Å². The topological polar surface area (TPSA) is 93.9 Å². The Hall–Kier alpha value is -3.14. The van der Waals surface area contributed by atoms with Crippen molar-refractivity contribution in [3.05, 3.63) is 62.2 Å². The standard InChI is InChI=1S/C26H26FN3O5/c1-3-26(33)19-9-22-23-17(12-30(22)24(31)18(19)13-35-25(26)32)16(11-29-4-6-34-7-5-29)15-8-14(2)20(27)10-21(15)28-23/h8-10,33H,3-7,11-13H2,1-2H3/t26-/m0/s1. The van der Waals surface area contributed by atoms with Crippen LogP contribution in [0.5, 0.6) is 0 Å². The molecule has 3 aromatic rings. The Morgan fingerprint density at radius 2 is 1.94 bits per heavy atom. The van der Waals surface area contributed by atoms with Gasteiger partial charge in [-0.1, -0.05) is 6.92 Å². The lowest BCUT2D eigenvalue weighted by Crippen LogP contribution is -2.44. The fourth-order valence-corrected chi connectivity index (χ4v) is 5.46. The molecule has 0 amide bonds. The summed E-state index contributed by atoms with van der Waals surface area (Å²) in [7, 11) is 0. The number of cyclic esters (lactones) is 1. The highest BCUT2D eigenvalue weighted by atomic mass is 19.1. The van der Waals surface area contributed by atoms with Gasteiger partial charge in [0.05, 0.1) is 42.2 Å². The molecule has 9 heteroatoms. The fraction of sp³-hybridized carbons (Fsp3) is 0.423. The molecule has 1 fully saturated rings. The van der Waals surface area contributed by atoms with E-state index in [0.717, 1.165) is 29.6 Å². The zero-order chi connectivity index (χ0) is 24.5. The first-order valence-electron chi connectivity index (χ1n) is 11.9. The van der Waals surface area contributed by atoms with Gasteiger partial charge in [0.25, 0.3) is 5.56 Å². The molecule has 1 N–H and O–H groups in total. The molecular weight excluding hydrogens is 453 g/mol. The summed E-state index contributed by atoms with van der Waals surface area (Å²) in [6.45, 7) is 7.03. The van der Waals surface area contributed by atoms with Crippen molar-refractivity contribution in [2.45, 2.75) is 45.6 Å². The van der Waals surface area contributed by atoms with Crippen LogP contribution in [0, 0.1) is 12.7 Å². The second-order valence-electron chi connectivity index (χ2n) is 9.53. The van der Waals surface area contributed by atoms with Gasteiger partial charge in [-0.2, -0.15) is 0 Å². The van der Waals surface area contributed by atoms with E-state index in [0.29, 0.717) is 48.8 Å². The zero-order valence-electron chi connectivity index (χ0n) is 19.7. The summed E-state index contributed by atoms with van der Waals surface area (Å²) < 4.78 is 26.8. The number of rotatable bonds is 3. The number of hydrogen-bond acceptors (Lipinski definition) is 7. The van der Waals surface area contributed by atoms with Crippen LogP contribution < -0.4 is 5.56 Å². The molecule has 1 saturated heterocycles. The number of morpholine rings is 1. The number of halogens is 1. The molecule has 0 spiro atoms. The molecule has 35 heavy (non-hydrogen) atoms. The number of pyridine rings is 2. The van der Waals surface area contributed by atoms with E-state index < -0.39 is 11.6 Å². The zero-order valence-corrected chi connectivity index (χ0v) is 19.7. The number of ether oxygens (including phenoxy) is 2. The molecule has 0 unspecified atom stereocenters. The maximum Gasteiger partial charge on any atom is 0.343 e. The number of carbonyl (C=O) groups excluding carboxylic acids is 1. The number of carbonyl (C=O) groups is 1. The molecule has 1 aromatic carbocycles. The first-order valence-corrected chi connectivity index (χ1v) is 11.9. The number of aromatic nitrogens is 2. The van der Waals surface area contributed by atoms with Crippen molar-refractivity contribution in [3.8, 4) is 11.4 Å². The van der Waals surface area contributed by atoms with Crippen LogP contribution in [-0.2, 0) is 39.6 Å². The van der Waals surface area contributed by atoms with Crippen molar-refractivity contribution in [1.82, 2.24) is 14.5 Å². The Morgan fingerprint density at radius 3 is 2.69 bits per heavy atom. The van der Waals surface area contributed by atoms with Crippen LogP contribution >= 0.6 is 0 Å². The minimum Gasteiger partial charge on any atom is -0.458 e. The third-order valence-electron chi connectivity index (χ3n) is 7.57. The number of aryl methyl sites for hydroxylation is 1. The molecule has 0 saturated carbocycles. The monoisotopic (exact) mass is 479 g/mol. The predicted octanol–water partition coefficient (Wildman–Crippen LogP) is 2.36. The Labute approximate surface area is 200 Å². The summed E-state index contributed by atoms with van der Waals surface area (Å²) in [5.41, 5.74) is 2.43. The maximum atomic E-state index is 14.6. The van der Waals surface area contributed by atoms with E-state index in [1.807, 2.05) is 6.07 Å². The quantitative estimate of drug-likeness (QED) is 0.451. The van der Waals surface area contributed by atoms with Crippen molar-refractivity contribution in [3.63, 3.8) is 0 Å². The summed E-state index contributed by atoms with van der Waals surface area (Å²) in [6.07, 6.45) is 0.0759. The van der Waals surface area contributed by atoms with E-state index in [-0.39, 0.29) is 35.5 Å². The van der Waals surface area contributed by atoms with Gasteiger partial charge in [-0.05, 0) is 36.6 Å². The van der Waals surface area contributed by atoms with Gasteiger partial charge in [0.1, 0.15) is 12.4 Å². The van der Waals surface area contributed by atoms with Gasteiger partial charge in [-0.3, -0.25) is 9.69 Å². The summed E-state index contributed by atoms with van der Waals surface area (Å²) in [5.74, 6) is -1.10. The first-order chi connectivity index (χ1) is 16.8. The molecule has 0 bridgehead atoms. The SMILES string of the molecule is CC[C@@]1(O)C(=O)OCc2c1cc1n(c2=O)Cc2c-1nc1cc(F)c(C)cc1c2CN1CCOCC1. The smallest absolute Gasteiger partial charge is 0.343 e. The molecule has 6 rings (SSSR count). The van der Waals surface area contributed by atoms with Gasteiger partial charge in [0.2, 0.25) is 0 Å². The third-order valence-corrected chi connectivity index (χ3v) is 7.57. The molecule has 2 aromatic heterocycles. The highest BCUT2D eigenvalue weighted by Crippen LogP contribution is 2.40. The van der Waals surface area contributed by atoms with E-state index in [1.54, 1.807) is 24.5 Å². The van der Waals surface area contributed by atoms with Crippen LogP contribution in [0.15, 0.2) is 23.0 Å². The lowest BCUT2D eigenvalue weighted by Gasteiger charge is -2.31. The van der Waals surface area contributed by atoms with Crippen LogP contribution in [0.1, 0.15) is 41.2 Å². The van der Waals surface area contributed by atoms with Gasteiger partial charge in [0.15, 0.2) is 5.60 Å². The Kier molecular flexibility index (Phi) is 5.07. The van der Waals surface area contributed by atoms with E-state index in [1.165, 1.54) is 6.07 Å². The number of aliphatic hydroxyl groups is 1. The van der Waals surface area contributed by atoms with Crippen molar-refractivity contribution in [2.24, 2.45) is 0 Å². The van der Waals surface area contributed by atoms with E-state index >= 15 is 0 Å². The average molecular weight is 480 g/mol. The fourth-order valence-electron chi connectivity index (χ4n) is 5.46. The average Bonchev–Trinajstić information content (AvgIpc) is 3.22. The number of fused-ring (bicyclic) bond motifs is 5. The van der Waals surface area contributed by atoms with Crippen molar-refractivity contribution >= 4 is 16.9 Å². The normalized spacial score (nSPS) is 21.5. The Bertz CT molecular complexity index is 1460. The van der Waals surface area contributed by atoms with Crippen molar-refractivity contribution in [2.75, 3.05) is 26.3 Å². The van der Waals surface area contributed by atoms with Crippen LogP contribution in [0.25, 0.3) is 22.3 Å². The molecule has 3 aliphatic rings. The number of hydrogen-bond donors (Lipinski definition) is 1. The van der Waals surface area contributed by atoms with Gasteiger partial charge in [-0.15, -0.1) is 0 Å². The highest BCUT2D eigenvalue weighted by Gasteiger charge is 2.45. The number of benzene rings is 1. The highest BCUT2D eigenvalue weighted by molar-refractivity contribution is 5.89. The van der Waals surface area contributed by atoms with E-state index in [9.17, 15) is 19.1 Å². The van der Waals surface area contributed by atoms with E-state index in [2.05, 4.69) is 4.90 Å². The summed E-state index contributed by atoms with van der Waals surface area (Å²) in [6, 6.07) is 4.95. The van der Waals surface area contributed by atoms with E-state index in [4.69, 9.17) is 14.5 Å². The summed E-state index contributed by atoms with van der Waals surface area (Å²) in [5, 5.41) is 12.0. The van der Waals surface area contributed by atoms with Crippen molar-refractivity contribution < 1.29 is 23.8 Å². The molecule has 0 radical (unpaired) electrons. The molecule has 5 heterocycles. The van der Waals surface area contributed by atoms with Gasteiger partial charge < -0.3 is 19.1 Å². The van der Waals surface area contributed by atoms with Gasteiger partial charge in [-0.25, -0.2) is 14.2 Å². The van der Waals surface area contributed by atoms with Crippen LogP contribution in [0.4, 0.5) is 4.39 Å². The molecule has 8 nitrogen and oxygen atoms in total. The number of nitrogens with zero attached hydrogens (tertiary/aromatic N) is 3. The molecule has 1 atom stereocenters. The predicted molar refractivity (Wildman–Crippen MR) is 125 cm³/mol. The maximum absolute atomic E-state index is 14.6. The molecule has 0 aliphatic carbocycles. The second kappa shape index (κ2) is 7.94. The van der Waals surface area contributed by atoms with Gasteiger partial charge in [0, 0.05) is 42.2 Å². The first kappa shape index (κ1) is 22.3. The van der Waals surface area contributed by atoms with Crippen LogP contribution in [0.3, 0.4) is 0 Å². The lowest BCUT2D eigenvalue weighted by molar-refractivity contribution is -0.172. The second-order valence-corrected chi connectivity index (χ2v) is 9.53. The minimum atomic E-state index is -1.89. The minimum absolute atomic E-state index is 0.0759. The number of esters is 1. The summed E-state index contributed by atoms with van der Waals surface area (Å²) >= 11 is 0. The van der Waals surface area contributed by atoms with Crippen molar-refractivity contribution in [1.29, 1.82) is 0 Å². The Morgan fingerprint density at radius 1 is 1.17 bits per heavy atom. The Balaban J connectivity index is 1.60. The summed E-state index contributed by atoms with van der Waals surface area (Å²) in [4.78, 5) is 33.0. The molecular formula is C26H26FN3O5. The van der Waals surface area contributed by atoms with Gasteiger partial charge >= 0.3 is 5.97 Å². The lowest BCUT2D eigenvalue weighted by atomic mass is 9.86. The van der Waals surface area contributed by atoms with Crippen LogP contribution in [0.2, 0.25) is 0 Å². The molecule has 182 valence electrons. The third kappa shape index (κ3) is 3.26. The molecule has 3 aliphatic heterocycles.